The predicted molar refractivity (Wildman–Crippen MR) is 185 cm³/mol. The van der Waals surface area contributed by atoms with E-state index in [1.807, 2.05) is 36.5 Å². The molecule has 0 aromatic heterocycles. The van der Waals surface area contributed by atoms with Gasteiger partial charge in [0.15, 0.2) is 0 Å². The van der Waals surface area contributed by atoms with Gasteiger partial charge in [0.05, 0.1) is 6.61 Å². The van der Waals surface area contributed by atoms with Gasteiger partial charge in [0.25, 0.3) is 0 Å². The van der Waals surface area contributed by atoms with E-state index in [9.17, 15) is 5.11 Å². The molecule has 0 spiro atoms. The van der Waals surface area contributed by atoms with Crippen LogP contribution >= 0.6 is 0 Å². The maximum absolute atomic E-state index is 9.49. The molecule has 0 unspecified atom stereocenters. The monoisotopic (exact) mass is 550 g/mol. The smallest absolute Gasteiger partial charge is 0.0681 e. The van der Waals surface area contributed by atoms with Crippen molar-refractivity contribution in [1.82, 2.24) is 0 Å². The highest BCUT2D eigenvalue weighted by molar-refractivity contribution is 5.37. The summed E-state index contributed by atoms with van der Waals surface area (Å²) in [6.07, 6.45) is 41.3. The minimum absolute atomic E-state index is 0.0219. The third kappa shape index (κ3) is 16.4. The van der Waals surface area contributed by atoms with Gasteiger partial charge >= 0.3 is 0 Å². The van der Waals surface area contributed by atoms with E-state index in [-0.39, 0.29) is 12.0 Å². The molecule has 0 amide bonds. The van der Waals surface area contributed by atoms with Crippen LogP contribution in [-0.2, 0) is 0 Å². The van der Waals surface area contributed by atoms with Crippen LogP contribution in [0.3, 0.4) is 0 Å². The van der Waals surface area contributed by atoms with E-state index in [1.165, 1.54) is 52.7 Å². The lowest BCUT2D eigenvalue weighted by molar-refractivity contribution is 0.335. The maximum atomic E-state index is 9.49. The highest BCUT2D eigenvalue weighted by Crippen LogP contribution is 2.40. The first-order valence-corrected chi connectivity index (χ1v) is 14.8. The average Bonchev–Trinajstić information content (AvgIpc) is 2.89. The van der Waals surface area contributed by atoms with Crippen molar-refractivity contribution in [1.29, 1.82) is 0 Å². The molecule has 0 atom stereocenters. The fraction of sp³-hybridized carbons (Fsp3) is 0.350. The van der Waals surface area contributed by atoms with Crippen molar-refractivity contribution < 1.29 is 5.11 Å². The fourth-order valence-corrected chi connectivity index (χ4v) is 4.41. The van der Waals surface area contributed by atoms with Crippen molar-refractivity contribution in [3.63, 3.8) is 0 Å². The van der Waals surface area contributed by atoms with Crippen molar-refractivity contribution in [2.45, 2.75) is 81.6 Å². The molecular formula is C40H54O. The molecule has 0 radical (unpaired) electrons. The van der Waals surface area contributed by atoms with Crippen molar-refractivity contribution in [3.05, 3.63) is 154 Å². The molecule has 0 saturated carbocycles. The van der Waals surface area contributed by atoms with Crippen LogP contribution in [0.5, 0.6) is 0 Å². The molecule has 1 rings (SSSR count). The summed E-state index contributed by atoms with van der Waals surface area (Å²) in [6.45, 7) is 19.6. The van der Waals surface area contributed by atoms with Gasteiger partial charge in [-0.1, -0.05) is 157 Å². The minimum Gasteiger partial charge on any atom is -0.392 e. The van der Waals surface area contributed by atoms with Crippen LogP contribution in [0.4, 0.5) is 0 Å². The molecule has 0 bridgehead atoms. The Bertz CT molecular complexity index is 1240. The van der Waals surface area contributed by atoms with Crippen LogP contribution in [0.15, 0.2) is 154 Å². The lowest BCUT2D eigenvalue weighted by Gasteiger charge is -2.32. The van der Waals surface area contributed by atoms with Gasteiger partial charge < -0.3 is 5.11 Å². The highest BCUT2D eigenvalue weighted by atomic mass is 16.3. The third-order valence-corrected chi connectivity index (χ3v) is 6.91. The van der Waals surface area contributed by atoms with Gasteiger partial charge in [-0.15, -0.1) is 0 Å². The summed E-state index contributed by atoms with van der Waals surface area (Å²) >= 11 is 0. The van der Waals surface area contributed by atoms with Gasteiger partial charge in [-0.3, -0.25) is 0 Å². The van der Waals surface area contributed by atoms with Gasteiger partial charge in [0, 0.05) is 0 Å². The van der Waals surface area contributed by atoms with Crippen LogP contribution in [0.1, 0.15) is 81.6 Å². The molecule has 1 aliphatic rings. The zero-order valence-electron chi connectivity index (χ0n) is 27.2. The molecule has 1 heteroatoms. The Labute approximate surface area is 252 Å². The largest absolute Gasteiger partial charge is 0.392 e. The minimum atomic E-state index is 0.0219. The van der Waals surface area contributed by atoms with Gasteiger partial charge in [0.2, 0.25) is 0 Å². The Morgan fingerprint density at radius 1 is 0.634 bits per heavy atom. The van der Waals surface area contributed by atoms with Gasteiger partial charge in [-0.05, 0) is 84.3 Å². The van der Waals surface area contributed by atoms with E-state index in [4.69, 9.17) is 0 Å². The molecule has 0 heterocycles. The summed E-state index contributed by atoms with van der Waals surface area (Å²) in [5, 5.41) is 9.49. The van der Waals surface area contributed by atoms with E-state index in [1.54, 1.807) is 0 Å². The lowest BCUT2D eigenvalue weighted by Crippen LogP contribution is -2.19. The predicted octanol–water partition coefficient (Wildman–Crippen LogP) is 11.5. The number of aliphatic hydroxyl groups is 1. The molecule has 0 saturated heterocycles. The van der Waals surface area contributed by atoms with Crippen LogP contribution in [-0.4, -0.2) is 11.7 Å². The fourth-order valence-electron chi connectivity index (χ4n) is 4.41. The van der Waals surface area contributed by atoms with Crippen LogP contribution in [0.2, 0.25) is 0 Å². The normalized spacial score (nSPS) is 18.5. The van der Waals surface area contributed by atoms with Crippen molar-refractivity contribution >= 4 is 0 Å². The topological polar surface area (TPSA) is 20.2 Å². The molecule has 220 valence electrons. The molecule has 0 aliphatic heterocycles. The van der Waals surface area contributed by atoms with Crippen LogP contribution in [0.25, 0.3) is 0 Å². The molecular weight excluding hydrogens is 496 g/mol. The first-order valence-electron chi connectivity index (χ1n) is 14.8. The van der Waals surface area contributed by atoms with E-state index in [0.717, 1.165) is 11.1 Å². The second-order valence-electron chi connectivity index (χ2n) is 11.9. The molecule has 1 aliphatic carbocycles. The Morgan fingerprint density at radius 3 is 1.59 bits per heavy atom. The van der Waals surface area contributed by atoms with Crippen LogP contribution in [0, 0.1) is 5.41 Å². The molecule has 1 N–H and O–H groups in total. The number of rotatable bonds is 13. The molecule has 0 fully saturated rings. The second-order valence-corrected chi connectivity index (χ2v) is 11.9. The molecule has 1 nitrogen and oxygen atoms in total. The van der Waals surface area contributed by atoms with E-state index in [2.05, 4.69) is 135 Å². The van der Waals surface area contributed by atoms with Crippen molar-refractivity contribution in [2.24, 2.45) is 5.41 Å². The summed E-state index contributed by atoms with van der Waals surface area (Å²) in [7, 11) is 0. The Kier molecular flexibility index (Phi) is 17.0. The highest BCUT2D eigenvalue weighted by Gasteiger charge is 2.26. The van der Waals surface area contributed by atoms with Crippen molar-refractivity contribution in [3.8, 4) is 0 Å². The number of hydrogen-bond donors (Lipinski definition) is 1. The van der Waals surface area contributed by atoms with Crippen LogP contribution < -0.4 is 0 Å². The Hall–Kier alpha value is -3.42. The van der Waals surface area contributed by atoms with Gasteiger partial charge in [0.1, 0.15) is 0 Å². The standard InChI is InChI=1S/C40H54O/c1-32(2)17-12-26-38(31-41)27-15-24-35(5)22-13-20-33(3)18-10-11-19-34(4)21-14-23-36(6)28-29-39-37(7)25-16-30-40(39,8)9/h10-15,17-24,26-29,41H,16,25,30-31H2,1-9H3. The summed E-state index contributed by atoms with van der Waals surface area (Å²) in [6, 6.07) is 0. The summed E-state index contributed by atoms with van der Waals surface area (Å²) < 4.78 is 0. The zero-order valence-corrected chi connectivity index (χ0v) is 27.2. The summed E-state index contributed by atoms with van der Waals surface area (Å²) in [5.74, 6) is 0. The third-order valence-electron chi connectivity index (χ3n) is 6.91. The number of allylic oxidation sites excluding steroid dienone is 24. The number of hydrogen-bond acceptors (Lipinski definition) is 1. The quantitative estimate of drug-likeness (QED) is 0.226. The van der Waals surface area contributed by atoms with Gasteiger partial charge in [-0.25, -0.2) is 0 Å². The Morgan fingerprint density at radius 2 is 1.10 bits per heavy atom. The molecule has 0 aromatic carbocycles. The van der Waals surface area contributed by atoms with Crippen molar-refractivity contribution in [2.75, 3.05) is 6.61 Å². The Balaban J connectivity index is 2.64. The van der Waals surface area contributed by atoms with E-state index < -0.39 is 0 Å². The zero-order chi connectivity index (χ0) is 30.7. The number of aliphatic hydroxyl groups excluding tert-OH is 1. The lowest BCUT2D eigenvalue weighted by atomic mass is 9.72. The first-order chi connectivity index (χ1) is 19.4. The first kappa shape index (κ1) is 35.6. The van der Waals surface area contributed by atoms with Gasteiger partial charge in [-0.2, -0.15) is 0 Å². The second kappa shape index (κ2) is 19.6. The molecule has 0 aromatic rings. The average molecular weight is 551 g/mol. The van der Waals surface area contributed by atoms with E-state index >= 15 is 0 Å². The SMILES string of the molecule is CC(C)=CC=CC(=CC=CC(C)=CC=CC(C)=CC=CC=C(C)C=CC=C(C)C=CC1=C(C)CCCC1(C)C)CO. The summed E-state index contributed by atoms with van der Waals surface area (Å²) in [4.78, 5) is 0. The summed E-state index contributed by atoms with van der Waals surface area (Å²) in [5.41, 5.74) is 10.2. The van der Waals surface area contributed by atoms with E-state index in [0.29, 0.717) is 0 Å². The molecule has 41 heavy (non-hydrogen) atoms. The maximum Gasteiger partial charge on any atom is 0.0681 e.